The molecule has 12 heteroatoms. The number of hydrogen-bond acceptors (Lipinski definition) is 7. The number of anilines is 1. The SMILES string of the molecule is O=CN(CCOCCOCCNC(=O)c1ccccc1C(=O)O)c1ccc(=O)n(CC(=O)O)c1. The van der Waals surface area contributed by atoms with E-state index in [-0.39, 0.29) is 50.6 Å². The number of carbonyl (C=O) groups excluding carboxylic acids is 2. The number of aromatic nitrogens is 1. The van der Waals surface area contributed by atoms with E-state index in [0.717, 1.165) is 4.57 Å². The molecule has 2 rings (SSSR count). The fraction of sp³-hybridized carbons (Fsp3) is 0.318. The Morgan fingerprint density at radius 3 is 2.29 bits per heavy atom. The topological polar surface area (TPSA) is 164 Å². The number of carbonyl (C=O) groups is 4. The Hall–Kier alpha value is -4.03. The third-order valence-electron chi connectivity index (χ3n) is 4.51. The molecule has 0 spiro atoms. The van der Waals surface area contributed by atoms with Gasteiger partial charge in [0.15, 0.2) is 0 Å². The van der Waals surface area contributed by atoms with Crippen molar-refractivity contribution in [3.63, 3.8) is 0 Å². The molecule has 182 valence electrons. The molecule has 1 aromatic heterocycles. The van der Waals surface area contributed by atoms with Crippen molar-refractivity contribution in [1.82, 2.24) is 9.88 Å². The van der Waals surface area contributed by atoms with Gasteiger partial charge in [-0.15, -0.1) is 0 Å². The molecule has 1 aromatic carbocycles. The van der Waals surface area contributed by atoms with Crippen LogP contribution in [0.4, 0.5) is 5.69 Å². The third kappa shape index (κ3) is 8.15. The van der Waals surface area contributed by atoms with Gasteiger partial charge in [0, 0.05) is 25.4 Å². The minimum absolute atomic E-state index is 0.0661. The average Bonchev–Trinajstić information content (AvgIpc) is 2.81. The lowest BCUT2D eigenvalue weighted by molar-refractivity contribution is -0.137. The first-order valence-electron chi connectivity index (χ1n) is 10.2. The number of nitrogens with one attached hydrogen (secondary N) is 1. The van der Waals surface area contributed by atoms with Gasteiger partial charge in [-0.25, -0.2) is 4.79 Å². The van der Waals surface area contributed by atoms with Crippen molar-refractivity contribution in [3.05, 3.63) is 64.1 Å². The molecule has 0 aliphatic rings. The van der Waals surface area contributed by atoms with Gasteiger partial charge in [-0.05, 0) is 18.2 Å². The monoisotopic (exact) mass is 475 g/mol. The number of aromatic carboxylic acids is 1. The van der Waals surface area contributed by atoms with Gasteiger partial charge in [-0.2, -0.15) is 0 Å². The maximum atomic E-state index is 12.1. The molecule has 0 saturated heterocycles. The third-order valence-corrected chi connectivity index (χ3v) is 4.51. The summed E-state index contributed by atoms with van der Waals surface area (Å²) >= 11 is 0. The van der Waals surface area contributed by atoms with Gasteiger partial charge in [-0.3, -0.25) is 19.2 Å². The molecule has 2 aromatic rings. The van der Waals surface area contributed by atoms with Crippen molar-refractivity contribution in [2.24, 2.45) is 0 Å². The van der Waals surface area contributed by atoms with E-state index in [1.54, 1.807) is 6.07 Å². The van der Waals surface area contributed by atoms with Gasteiger partial charge < -0.3 is 34.5 Å². The Morgan fingerprint density at radius 2 is 1.65 bits per heavy atom. The standard InChI is InChI=1S/C22H25N3O9/c26-15-24(16-5-6-19(27)25(13-16)14-20(28)29)8-10-34-12-11-33-9-7-23-21(30)17-3-1-2-4-18(17)22(31)32/h1-6,13,15H,7-12,14H2,(H,23,30)(H,28,29)(H,31,32). The lowest BCUT2D eigenvalue weighted by Gasteiger charge is -2.18. The lowest BCUT2D eigenvalue weighted by Crippen LogP contribution is -2.30. The minimum atomic E-state index is -1.19. The average molecular weight is 475 g/mol. The van der Waals surface area contributed by atoms with Gasteiger partial charge in [0.25, 0.3) is 11.5 Å². The van der Waals surface area contributed by atoms with E-state index in [4.69, 9.17) is 19.7 Å². The number of carboxylic acid groups (broad SMARTS) is 2. The Kier molecular flexibility index (Phi) is 10.4. The van der Waals surface area contributed by atoms with Crippen molar-refractivity contribution < 1.29 is 38.9 Å². The first-order valence-corrected chi connectivity index (χ1v) is 10.2. The quantitative estimate of drug-likeness (QED) is 0.238. The van der Waals surface area contributed by atoms with E-state index >= 15 is 0 Å². The Balaban J connectivity index is 1.65. The molecule has 0 aliphatic heterocycles. The predicted octanol–water partition coefficient (Wildman–Crippen LogP) is 0.0571. The number of benzene rings is 1. The number of aliphatic carboxylic acids is 1. The zero-order chi connectivity index (χ0) is 24.9. The van der Waals surface area contributed by atoms with Crippen molar-refractivity contribution in [3.8, 4) is 0 Å². The molecule has 0 atom stereocenters. The predicted molar refractivity (Wildman–Crippen MR) is 119 cm³/mol. The Morgan fingerprint density at radius 1 is 0.971 bits per heavy atom. The fourth-order valence-electron chi connectivity index (χ4n) is 2.89. The van der Waals surface area contributed by atoms with E-state index in [9.17, 15) is 24.0 Å². The number of hydrogen-bond donors (Lipinski definition) is 3. The van der Waals surface area contributed by atoms with Crippen molar-refractivity contribution in [1.29, 1.82) is 0 Å². The number of ether oxygens (including phenoxy) is 2. The van der Waals surface area contributed by atoms with Crippen LogP contribution in [0.25, 0.3) is 0 Å². The normalized spacial score (nSPS) is 10.5. The Labute approximate surface area is 194 Å². The Bertz CT molecular complexity index is 1070. The van der Waals surface area contributed by atoms with Crippen LogP contribution in [-0.2, 0) is 25.6 Å². The highest BCUT2D eigenvalue weighted by molar-refractivity contribution is 6.04. The molecule has 0 fully saturated rings. The lowest BCUT2D eigenvalue weighted by atomic mass is 10.1. The largest absolute Gasteiger partial charge is 0.480 e. The highest BCUT2D eigenvalue weighted by Gasteiger charge is 2.15. The van der Waals surface area contributed by atoms with Crippen LogP contribution in [0.5, 0.6) is 0 Å². The summed E-state index contributed by atoms with van der Waals surface area (Å²) in [6, 6.07) is 8.49. The molecule has 12 nitrogen and oxygen atoms in total. The van der Waals surface area contributed by atoms with E-state index in [0.29, 0.717) is 12.1 Å². The second-order valence-corrected chi connectivity index (χ2v) is 6.88. The van der Waals surface area contributed by atoms with Crippen LogP contribution >= 0.6 is 0 Å². The molecule has 0 aliphatic carbocycles. The van der Waals surface area contributed by atoms with Crippen LogP contribution < -0.4 is 15.8 Å². The number of amides is 2. The van der Waals surface area contributed by atoms with E-state index < -0.39 is 29.9 Å². The van der Waals surface area contributed by atoms with Crippen LogP contribution in [0.1, 0.15) is 20.7 Å². The molecule has 2 amide bonds. The smallest absolute Gasteiger partial charge is 0.336 e. The summed E-state index contributed by atoms with van der Waals surface area (Å²) in [5.41, 5.74) is -0.153. The summed E-state index contributed by atoms with van der Waals surface area (Å²) in [4.78, 5) is 58.4. The van der Waals surface area contributed by atoms with Crippen molar-refractivity contribution in [2.75, 3.05) is 44.4 Å². The number of carboxylic acids is 2. The van der Waals surface area contributed by atoms with Crippen LogP contribution in [-0.4, -0.2) is 78.6 Å². The fourth-order valence-corrected chi connectivity index (χ4v) is 2.89. The van der Waals surface area contributed by atoms with Crippen LogP contribution in [0.15, 0.2) is 47.4 Å². The summed E-state index contributed by atoms with van der Waals surface area (Å²) < 4.78 is 11.7. The van der Waals surface area contributed by atoms with Gasteiger partial charge in [0.2, 0.25) is 6.41 Å². The molecule has 34 heavy (non-hydrogen) atoms. The number of pyridine rings is 1. The second kappa shape index (κ2) is 13.5. The summed E-state index contributed by atoms with van der Waals surface area (Å²) in [6.45, 7) is 0.650. The highest BCUT2D eigenvalue weighted by atomic mass is 16.5. The zero-order valence-corrected chi connectivity index (χ0v) is 18.2. The van der Waals surface area contributed by atoms with Gasteiger partial charge >= 0.3 is 11.9 Å². The van der Waals surface area contributed by atoms with Gasteiger partial charge in [0.05, 0.1) is 43.2 Å². The minimum Gasteiger partial charge on any atom is -0.480 e. The van der Waals surface area contributed by atoms with Gasteiger partial charge in [-0.1, -0.05) is 12.1 Å². The van der Waals surface area contributed by atoms with Crippen LogP contribution in [0.2, 0.25) is 0 Å². The number of nitrogens with zero attached hydrogens (tertiary/aromatic N) is 2. The van der Waals surface area contributed by atoms with E-state index in [1.165, 1.54) is 41.4 Å². The van der Waals surface area contributed by atoms with E-state index in [1.807, 2.05) is 0 Å². The first kappa shape index (κ1) is 26.2. The van der Waals surface area contributed by atoms with E-state index in [2.05, 4.69) is 5.32 Å². The maximum absolute atomic E-state index is 12.1. The second-order valence-electron chi connectivity index (χ2n) is 6.88. The number of rotatable bonds is 15. The summed E-state index contributed by atoms with van der Waals surface area (Å²) in [6.07, 6.45) is 1.84. The van der Waals surface area contributed by atoms with Crippen molar-refractivity contribution >= 4 is 29.9 Å². The molecule has 1 heterocycles. The first-order chi connectivity index (χ1) is 16.3. The van der Waals surface area contributed by atoms with Gasteiger partial charge in [0.1, 0.15) is 6.54 Å². The van der Waals surface area contributed by atoms with Crippen LogP contribution in [0, 0.1) is 0 Å². The molecule has 3 N–H and O–H groups in total. The summed E-state index contributed by atoms with van der Waals surface area (Å²) in [7, 11) is 0. The summed E-state index contributed by atoms with van der Waals surface area (Å²) in [5.74, 6) is -2.87. The van der Waals surface area contributed by atoms with Crippen LogP contribution in [0.3, 0.4) is 0 Å². The molecular formula is C22H25N3O9. The zero-order valence-electron chi connectivity index (χ0n) is 18.2. The summed E-state index contributed by atoms with van der Waals surface area (Å²) in [5, 5.41) is 20.6. The molecular weight excluding hydrogens is 450 g/mol. The van der Waals surface area contributed by atoms with Crippen molar-refractivity contribution in [2.45, 2.75) is 6.54 Å². The molecule has 0 unspecified atom stereocenters. The molecule has 0 radical (unpaired) electrons. The molecule has 0 saturated carbocycles. The molecule has 0 bridgehead atoms. The highest BCUT2D eigenvalue weighted by Crippen LogP contribution is 2.10. The maximum Gasteiger partial charge on any atom is 0.336 e.